The van der Waals surface area contributed by atoms with Crippen LogP contribution in [0.1, 0.15) is 28.8 Å². The number of carbonyl (C=O) groups is 1. The summed E-state index contributed by atoms with van der Waals surface area (Å²) in [5.74, 6) is 0.149. The maximum atomic E-state index is 12.6. The maximum Gasteiger partial charge on any atom is 0.255 e. The van der Waals surface area contributed by atoms with Gasteiger partial charge in [0, 0.05) is 23.6 Å². The lowest BCUT2D eigenvalue weighted by molar-refractivity contribution is 0.0715. The molecular formula is C15H21BrN2O. The van der Waals surface area contributed by atoms with Gasteiger partial charge in [0.25, 0.3) is 5.91 Å². The Morgan fingerprint density at radius 2 is 2.21 bits per heavy atom. The lowest BCUT2D eigenvalue weighted by Gasteiger charge is -2.27. The fourth-order valence-electron chi connectivity index (χ4n) is 2.66. The number of likely N-dealkylation sites (N-methyl/N-ethyl adjacent to an activating group) is 1. The lowest BCUT2D eigenvalue weighted by Crippen LogP contribution is -2.41. The second-order valence-corrected chi connectivity index (χ2v) is 6.39. The van der Waals surface area contributed by atoms with Crippen LogP contribution in [0, 0.1) is 6.92 Å². The summed E-state index contributed by atoms with van der Waals surface area (Å²) in [4.78, 5) is 16.8. The van der Waals surface area contributed by atoms with Crippen molar-refractivity contribution in [3.63, 3.8) is 0 Å². The highest BCUT2D eigenvalue weighted by Crippen LogP contribution is 2.25. The van der Waals surface area contributed by atoms with E-state index in [2.05, 4.69) is 34.9 Å². The maximum absolute atomic E-state index is 12.6. The number of rotatable bonds is 3. The molecule has 1 aliphatic heterocycles. The topological polar surface area (TPSA) is 23.6 Å². The van der Waals surface area contributed by atoms with Crippen LogP contribution in [0.4, 0.5) is 0 Å². The molecule has 0 aliphatic carbocycles. The molecule has 0 N–H and O–H groups in total. The molecule has 1 heterocycles. The van der Waals surface area contributed by atoms with E-state index >= 15 is 0 Å². The highest BCUT2D eigenvalue weighted by Gasteiger charge is 2.30. The minimum absolute atomic E-state index is 0.149. The standard InChI is InChI=1S/C15H21BrN2O/c1-11-6-7-13(14(16)9-11)15(19)18-8-4-5-12(18)10-17(2)3/h6-7,9,12H,4-5,8,10H2,1-3H3. The summed E-state index contributed by atoms with van der Waals surface area (Å²) >= 11 is 3.51. The van der Waals surface area contributed by atoms with Crippen molar-refractivity contribution in [3.05, 3.63) is 33.8 Å². The first-order chi connectivity index (χ1) is 8.99. The number of nitrogens with zero attached hydrogens (tertiary/aromatic N) is 2. The Balaban J connectivity index is 2.18. The second kappa shape index (κ2) is 6.06. The molecule has 2 rings (SSSR count). The van der Waals surface area contributed by atoms with E-state index in [-0.39, 0.29) is 5.91 Å². The van der Waals surface area contributed by atoms with E-state index in [9.17, 15) is 4.79 Å². The number of aryl methyl sites for hydroxylation is 1. The number of carbonyl (C=O) groups excluding carboxylic acids is 1. The van der Waals surface area contributed by atoms with Crippen molar-refractivity contribution in [1.82, 2.24) is 9.80 Å². The van der Waals surface area contributed by atoms with E-state index in [1.807, 2.05) is 30.0 Å². The molecule has 0 spiro atoms. The van der Waals surface area contributed by atoms with E-state index in [0.29, 0.717) is 6.04 Å². The fourth-order valence-corrected chi connectivity index (χ4v) is 3.33. The molecule has 1 aromatic rings. The van der Waals surface area contributed by atoms with E-state index in [0.717, 1.165) is 41.5 Å². The van der Waals surface area contributed by atoms with Crippen molar-refractivity contribution < 1.29 is 4.79 Å². The van der Waals surface area contributed by atoms with Gasteiger partial charge in [-0.3, -0.25) is 4.79 Å². The summed E-state index contributed by atoms with van der Waals surface area (Å²) in [7, 11) is 4.12. The predicted molar refractivity (Wildman–Crippen MR) is 81.5 cm³/mol. The Labute approximate surface area is 123 Å². The first-order valence-corrected chi connectivity index (χ1v) is 7.50. The number of benzene rings is 1. The summed E-state index contributed by atoms with van der Waals surface area (Å²) in [6.45, 7) is 3.84. The Morgan fingerprint density at radius 1 is 1.47 bits per heavy atom. The Morgan fingerprint density at radius 3 is 2.84 bits per heavy atom. The SMILES string of the molecule is Cc1ccc(C(=O)N2CCCC2CN(C)C)c(Br)c1. The van der Waals surface area contributed by atoms with Crippen molar-refractivity contribution in [2.75, 3.05) is 27.2 Å². The third kappa shape index (κ3) is 3.37. The molecular weight excluding hydrogens is 304 g/mol. The minimum atomic E-state index is 0.149. The molecule has 1 aromatic carbocycles. The molecule has 1 fully saturated rings. The van der Waals surface area contributed by atoms with Crippen molar-refractivity contribution in [2.24, 2.45) is 0 Å². The van der Waals surface area contributed by atoms with Gasteiger partial charge in [-0.2, -0.15) is 0 Å². The number of hydrogen-bond donors (Lipinski definition) is 0. The zero-order valence-electron chi connectivity index (χ0n) is 11.8. The van der Waals surface area contributed by atoms with Gasteiger partial charge in [-0.25, -0.2) is 0 Å². The zero-order valence-corrected chi connectivity index (χ0v) is 13.4. The van der Waals surface area contributed by atoms with Gasteiger partial charge in [-0.1, -0.05) is 6.07 Å². The van der Waals surface area contributed by atoms with Gasteiger partial charge >= 0.3 is 0 Å². The third-order valence-electron chi connectivity index (χ3n) is 3.57. The summed E-state index contributed by atoms with van der Waals surface area (Å²) in [6.07, 6.45) is 2.21. The monoisotopic (exact) mass is 324 g/mol. The molecule has 0 aromatic heterocycles. The second-order valence-electron chi connectivity index (χ2n) is 5.54. The molecule has 1 amide bonds. The predicted octanol–water partition coefficient (Wildman–Crippen LogP) is 2.92. The first kappa shape index (κ1) is 14.5. The molecule has 0 bridgehead atoms. The largest absolute Gasteiger partial charge is 0.334 e. The average Bonchev–Trinajstić information content (AvgIpc) is 2.75. The van der Waals surface area contributed by atoms with Crippen molar-refractivity contribution in [1.29, 1.82) is 0 Å². The summed E-state index contributed by atoms with van der Waals surface area (Å²) in [5, 5.41) is 0. The van der Waals surface area contributed by atoms with Crippen LogP contribution < -0.4 is 0 Å². The van der Waals surface area contributed by atoms with E-state index < -0.39 is 0 Å². The zero-order chi connectivity index (χ0) is 14.0. The number of amides is 1. The molecule has 0 saturated carbocycles. The van der Waals surface area contributed by atoms with Crippen molar-refractivity contribution >= 4 is 21.8 Å². The van der Waals surface area contributed by atoms with Gasteiger partial charge in [0.1, 0.15) is 0 Å². The molecule has 4 heteroatoms. The van der Waals surface area contributed by atoms with Crippen LogP contribution in [-0.2, 0) is 0 Å². The van der Waals surface area contributed by atoms with Gasteiger partial charge in [0.05, 0.1) is 5.56 Å². The summed E-state index contributed by atoms with van der Waals surface area (Å²) in [6, 6.07) is 6.27. The molecule has 0 radical (unpaired) electrons. The minimum Gasteiger partial charge on any atom is -0.334 e. The lowest BCUT2D eigenvalue weighted by atomic mass is 10.1. The van der Waals surface area contributed by atoms with Crippen LogP contribution in [0.25, 0.3) is 0 Å². The molecule has 1 atom stereocenters. The molecule has 1 aliphatic rings. The number of hydrogen-bond acceptors (Lipinski definition) is 2. The highest BCUT2D eigenvalue weighted by atomic mass is 79.9. The van der Waals surface area contributed by atoms with E-state index in [4.69, 9.17) is 0 Å². The van der Waals surface area contributed by atoms with E-state index in [1.54, 1.807) is 0 Å². The summed E-state index contributed by atoms with van der Waals surface area (Å²) in [5.41, 5.74) is 1.94. The van der Waals surface area contributed by atoms with Crippen LogP contribution >= 0.6 is 15.9 Å². The Hall–Kier alpha value is -0.870. The van der Waals surface area contributed by atoms with Crippen molar-refractivity contribution in [2.45, 2.75) is 25.8 Å². The Kier molecular flexibility index (Phi) is 4.63. The third-order valence-corrected chi connectivity index (χ3v) is 4.22. The molecule has 1 unspecified atom stereocenters. The summed E-state index contributed by atoms with van der Waals surface area (Å²) < 4.78 is 0.896. The van der Waals surface area contributed by atoms with Gasteiger partial charge in [-0.05, 0) is 67.5 Å². The van der Waals surface area contributed by atoms with Crippen LogP contribution in [0.2, 0.25) is 0 Å². The molecule has 19 heavy (non-hydrogen) atoms. The van der Waals surface area contributed by atoms with Crippen molar-refractivity contribution in [3.8, 4) is 0 Å². The first-order valence-electron chi connectivity index (χ1n) is 6.71. The number of halogens is 1. The van der Waals surface area contributed by atoms with Crippen LogP contribution in [0.15, 0.2) is 22.7 Å². The smallest absolute Gasteiger partial charge is 0.255 e. The van der Waals surface area contributed by atoms with Gasteiger partial charge < -0.3 is 9.80 Å². The average molecular weight is 325 g/mol. The molecule has 1 saturated heterocycles. The van der Waals surface area contributed by atoms with Gasteiger partial charge in [-0.15, -0.1) is 0 Å². The van der Waals surface area contributed by atoms with Crippen LogP contribution in [0.5, 0.6) is 0 Å². The quantitative estimate of drug-likeness (QED) is 0.853. The van der Waals surface area contributed by atoms with Crippen LogP contribution in [0.3, 0.4) is 0 Å². The number of likely N-dealkylation sites (tertiary alicyclic amines) is 1. The molecule has 3 nitrogen and oxygen atoms in total. The Bertz CT molecular complexity index is 473. The fraction of sp³-hybridized carbons (Fsp3) is 0.533. The highest BCUT2D eigenvalue weighted by molar-refractivity contribution is 9.10. The normalized spacial score (nSPS) is 19.2. The molecule has 104 valence electrons. The van der Waals surface area contributed by atoms with Gasteiger partial charge in [0.2, 0.25) is 0 Å². The van der Waals surface area contributed by atoms with Crippen LogP contribution in [-0.4, -0.2) is 48.9 Å². The van der Waals surface area contributed by atoms with Gasteiger partial charge in [0.15, 0.2) is 0 Å². The van der Waals surface area contributed by atoms with E-state index in [1.165, 1.54) is 0 Å².